The zero-order chi connectivity index (χ0) is 14.7. The molecule has 0 aliphatic heterocycles. The summed E-state index contributed by atoms with van der Waals surface area (Å²) < 4.78 is 18.9. The number of primary amides is 1. The number of hydrogen-bond acceptors (Lipinski definition) is 3. The first kappa shape index (κ1) is 13.5. The lowest BCUT2D eigenvalue weighted by molar-refractivity contribution is 0.0696. The minimum atomic E-state index is -1.07. The highest BCUT2D eigenvalue weighted by Gasteiger charge is 2.15. The number of rotatable bonds is 4. The second-order valence-corrected chi connectivity index (χ2v) is 3.91. The van der Waals surface area contributed by atoms with Crippen LogP contribution in [0.2, 0.25) is 0 Å². The van der Waals surface area contributed by atoms with Gasteiger partial charge in [-0.2, -0.15) is 0 Å². The molecule has 1 amide bonds. The van der Waals surface area contributed by atoms with Crippen molar-refractivity contribution in [2.24, 2.45) is 5.73 Å². The zero-order valence-electron chi connectivity index (χ0n) is 10.2. The van der Waals surface area contributed by atoms with Gasteiger partial charge in [-0.15, -0.1) is 0 Å². The summed E-state index contributed by atoms with van der Waals surface area (Å²) in [7, 11) is 0. The predicted molar refractivity (Wildman–Crippen MR) is 68.4 cm³/mol. The van der Waals surface area contributed by atoms with Gasteiger partial charge in [0.05, 0.1) is 5.56 Å². The molecule has 0 aliphatic carbocycles. The van der Waals surface area contributed by atoms with Crippen molar-refractivity contribution >= 4 is 11.9 Å². The van der Waals surface area contributed by atoms with Gasteiger partial charge < -0.3 is 15.6 Å². The Hall–Kier alpha value is -2.89. The van der Waals surface area contributed by atoms with Crippen LogP contribution in [0.25, 0.3) is 0 Å². The fourth-order valence-electron chi connectivity index (χ4n) is 1.62. The van der Waals surface area contributed by atoms with Crippen molar-refractivity contribution < 1.29 is 23.8 Å². The molecule has 0 radical (unpaired) electrons. The van der Waals surface area contributed by atoms with Crippen LogP contribution in [0.5, 0.6) is 11.5 Å². The maximum Gasteiger partial charge on any atom is 0.335 e. The third-order valence-corrected chi connectivity index (χ3v) is 2.55. The Morgan fingerprint density at radius 1 is 1.10 bits per heavy atom. The lowest BCUT2D eigenvalue weighted by atomic mass is 10.1. The number of benzene rings is 2. The molecule has 0 fully saturated rings. The maximum absolute atomic E-state index is 13.5. The van der Waals surface area contributed by atoms with Gasteiger partial charge in [-0.25, -0.2) is 9.18 Å². The Morgan fingerprint density at radius 3 is 2.30 bits per heavy atom. The monoisotopic (exact) mass is 275 g/mol. The van der Waals surface area contributed by atoms with E-state index in [-0.39, 0.29) is 22.6 Å². The van der Waals surface area contributed by atoms with E-state index in [9.17, 15) is 14.0 Å². The molecular weight excluding hydrogens is 265 g/mol. The minimum absolute atomic E-state index is 0.0272. The molecule has 0 saturated carbocycles. The second kappa shape index (κ2) is 5.40. The van der Waals surface area contributed by atoms with Crippen molar-refractivity contribution in [1.82, 2.24) is 0 Å². The van der Waals surface area contributed by atoms with E-state index in [1.807, 2.05) is 0 Å². The topological polar surface area (TPSA) is 89.6 Å². The van der Waals surface area contributed by atoms with Gasteiger partial charge in [-0.1, -0.05) is 6.07 Å². The first-order valence-corrected chi connectivity index (χ1v) is 5.58. The first-order chi connectivity index (χ1) is 9.49. The van der Waals surface area contributed by atoms with Gasteiger partial charge in [0.15, 0.2) is 0 Å². The number of carbonyl (C=O) groups excluding carboxylic acids is 1. The summed E-state index contributed by atoms with van der Waals surface area (Å²) in [4.78, 5) is 21.9. The van der Waals surface area contributed by atoms with E-state index in [0.717, 1.165) is 6.07 Å². The molecule has 6 heteroatoms. The summed E-state index contributed by atoms with van der Waals surface area (Å²) in [6.07, 6.45) is 0. The Labute approximate surface area is 113 Å². The van der Waals surface area contributed by atoms with Gasteiger partial charge >= 0.3 is 5.97 Å². The normalized spacial score (nSPS) is 10.1. The Balaban J connectivity index is 2.33. The van der Waals surface area contributed by atoms with Crippen LogP contribution in [0.3, 0.4) is 0 Å². The van der Waals surface area contributed by atoms with Crippen LogP contribution in [0, 0.1) is 5.82 Å². The minimum Gasteiger partial charge on any atom is -0.478 e. The zero-order valence-corrected chi connectivity index (χ0v) is 10.2. The SMILES string of the molecule is NC(=O)c1c(F)cccc1Oc1ccc(C(=O)O)cc1. The number of nitrogens with two attached hydrogens (primary N) is 1. The number of hydrogen-bond donors (Lipinski definition) is 2. The number of carbonyl (C=O) groups is 2. The third kappa shape index (κ3) is 2.74. The van der Waals surface area contributed by atoms with Gasteiger partial charge in [-0.05, 0) is 36.4 Å². The first-order valence-electron chi connectivity index (χ1n) is 5.58. The van der Waals surface area contributed by atoms with Crippen molar-refractivity contribution in [3.63, 3.8) is 0 Å². The molecule has 2 rings (SSSR count). The van der Waals surface area contributed by atoms with E-state index in [1.165, 1.54) is 36.4 Å². The summed E-state index contributed by atoms with van der Waals surface area (Å²) in [5.74, 6) is -2.55. The van der Waals surface area contributed by atoms with Gasteiger partial charge in [-0.3, -0.25) is 4.79 Å². The van der Waals surface area contributed by atoms with E-state index in [2.05, 4.69) is 0 Å². The highest BCUT2D eigenvalue weighted by molar-refractivity contribution is 5.96. The average Bonchev–Trinajstić information content (AvgIpc) is 2.39. The smallest absolute Gasteiger partial charge is 0.335 e. The molecule has 0 atom stereocenters. The molecule has 3 N–H and O–H groups in total. The second-order valence-electron chi connectivity index (χ2n) is 3.91. The highest BCUT2D eigenvalue weighted by atomic mass is 19.1. The lowest BCUT2D eigenvalue weighted by Gasteiger charge is -2.09. The largest absolute Gasteiger partial charge is 0.478 e. The Bertz CT molecular complexity index is 667. The number of aromatic carboxylic acids is 1. The van der Waals surface area contributed by atoms with E-state index >= 15 is 0 Å². The predicted octanol–water partition coefficient (Wildman–Crippen LogP) is 2.42. The number of carboxylic acid groups (broad SMARTS) is 1. The van der Waals surface area contributed by atoms with Crippen molar-refractivity contribution in [2.75, 3.05) is 0 Å². The molecule has 0 aromatic heterocycles. The van der Waals surface area contributed by atoms with Crippen LogP contribution in [0.15, 0.2) is 42.5 Å². The molecule has 0 aliphatic rings. The Morgan fingerprint density at radius 2 is 1.75 bits per heavy atom. The van der Waals surface area contributed by atoms with Gasteiger partial charge in [0.2, 0.25) is 0 Å². The van der Waals surface area contributed by atoms with E-state index in [4.69, 9.17) is 15.6 Å². The summed E-state index contributed by atoms with van der Waals surface area (Å²) >= 11 is 0. The molecule has 0 bridgehead atoms. The van der Waals surface area contributed by atoms with Crippen LogP contribution >= 0.6 is 0 Å². The molecule has 5 nitrogen and oxygen atoms in total. The summed E-state index contributed by atoms with van der Waals surface area (Å²) in [5.41, 5.74) is 4.83. The quantitative estimate of drug-likeness (QED) is 0.896. The van der Waals surface area contributed by atoms with Crippen LogP contribution in [0.1, 0.15) is 20.7 Å². The average molecular weight is 275 g/mol. The van der Waals surface area contributed by atoms with E-state index < -0.39 is 17.7 Å². The third-order valence-electron chi connectivity index (χ3n) is 2.55. The number of amides is 1. The standard InChI is InChI=1S/C14H10FNO4/c15-10-2-1-3-11(12(10)13(16)17)20-9-6-4-8(5-7-9)14(18)19/h1-7H,(H2,16,17)(H,18,19). The molecular formula is C14H10FNO4. The van der Waals surface area contributed by atoms with Gasteiger partial charge in [0.25, 0.3) is 5.91 Å². The fourth-order valence-corrected chi connectivity index (χ4v) is 1.62. The van der Waals surface area contributed by atoms with Crippen molar-refractivity contribution in [2.45, 2.75) is 0 Å². The van der Waals surface area contributed by atoms with Gasteiger partial charge in [0.1, 0.15) is 22.9 Å². The van der Waals surface area contributed by atoms with E-state index in [0.29, 0.717) is 0 Å². The maximum atomic E-state index is 13.5. The molecule has 0 saturated heterocycles. The number of ether oxygens (including phenoxy) is 1. The van der Waals surface area contributed by atoms with Crippen molar-refractivity contribution in [3.8, 4) is 11.5 Å². The number of halogens is 1. The van der Waals surface area contributed by atoms with E-state index in [1.54, 1.807) is 0 Å². The molecule has 2 aromatic rings. The van der Waals surface area contributed by atoms with Crippen LogP contribution in [-0.4, -0.2) is 17.0 Å². The summed E-state index contributed by atoms with van der Waals surface area (Å²) in [6, 6.07) is 9.34. The highest BCUT2D eigenvalue weighted by Crippen LogP contribution is 2.27. The van der Waals surface area contributed by atoms with Crippen molar-refractivity contribution in [1.29, 1.82) is 0 Å². The molecule has 0 spiro atoms. The van der Waals surface area contributed by atoms with Crippen LogP contribution in [0.4, 0.5) is 4.39 Å². The molecule has 102 valence electrons. The van der Waals surface area contributed by atoms with Crippen molar-refractivity contribution in [3.05, 3.63) is 59.4 Å². The van der Waals surface area contributed by atoms with Crippen LogP contribution in [-0.2, 0) is 0 Å². The molecule has 2 aromatic carbocycles. The lowest BCUT2D eigenvalue weighted by Crippen LogP contribution is -2.14. The number of carboxylic acids is 1. The molecule has 0 unspecified atom stereocenters. The molecule has 20 heavy (non-hydrogen) atoms. The van der Waals surface area contributed by atoms with Crippen LogP contribution < -0.4 is 10.5 Å². The summed E-state index contributed by atoms with van der Waals surface area (Å²) in [5, 5.41) is 8.77. The Kier molecular flexibility index (Phi) is 3.65. The summed E-state index contributed by atoms with van der Waals surface area (Å²) in [6.45, 7) is 0. The van der Waals surface area contributed by atoms with Gasteiger partial charge in [0, 0.05) is 0 Å². The molecule has 0 heterocycles. The fraction of sp³-hybridized carbons (Fsp3) is 0.